The van der Waals surface area contributed by atoms with Crippen LogP contribution in [0, 0.1) is 0 Å². The van der Waals surface area contributed by atoms with E-state index in [9.17, 15) is 19.8 Å². The Bertz CT molecular complexity index is 919. The minimum absolute atomic E-state index is 0.0798. The Morgan fingerprint density at radius 1 is 0.517 bits per heavy atom. The molecule has 0 bridgehead atoms. The molecule has 0 radical (unpaired) electrons. The maximum atomic E-state index is 13.2. The van der Waals surface area contributed by atoms with Gasteiger partial charge in [-0.15, -0.1) is 0 Å². The highest BCUT2D eigenvalue weighted by Crippen LogP contribution is 2.18. The van der Waals surface area contributed by atoms with Crippen molar-refractivity contribution in [2.24, 2.45) is 0 Å². The molecule has 0 fully saturated rings. The molecular weight excluding hydrogens is 719 g/mol. The molecule has 0 aliphatic carbocycles. The minimum atomic E-state index is -0.783. The van der Waals surface area contributed by atoms with Crippen LogP contribution in [-0.2, 0) is 14.3 Å². The summed E-state index contributed by atoms with van der Waals surface area (Å²) in [4.78, 5) is 26.1. The fraction of sp³-hybridized carbons (Fsp3) is 0.885. The van der Waals surface area contributed by atoms with E-state index >= 15 is 0 Å². The molecule has 0 aliphatic heterocycles. The van der Waals surface area contributed by atoms with E-state index in [4.69, 9.17) is 4.74 Å². The maximum absolute atomic E-state index is 13.2. The first-order valence-electron chi connectivity index (χ1n) is 25.6. The first-order valence-corrected chi connectivity index (χ1v) is 25.6. The van der Waals surface area contributed by atoms with Crippen LogP contribution in [0.4, 0.5) is 0 Å². The van der Waals surface area contributed by atoms with E-state index < -0.39 is 18.2 Å². The molecule has 6 nitrogen and oxygen atoms in total. The van der Waals surface area contributed by atoms with Crippen LogP contribution in [0.15, 0.2) is 24.3 Å². The summed E-state index contributed by atoms with van der Waals surface area (Å²) in [5.41, 5.74) is 0. The fourth-order valence-electron chi connectivity index (χ4n) is 7.94. The Morgan fingerprint density at radius 2 is 0.931 bits per heavy atom. The number of unbranched alkanes of at least 4 members (excludes halogenated alkanes) is 30. The van der Waals surface area contributed by atoms with Crippen LogP contribution in [0.5, 0.6) is 0 Å². The lowest BCUT2D eigenvalue weighted by Gasteiger charge is -2.24. The Hall–Kier alpha value is -1.66. The van der Waals surface area contributed by atoms with Crippen molar-refractivity contribution >= 4 is 11.9 Å². The summed E-state index contributed by atoms with van der Waals surface area (Å²) in [6.45, 7) is 6.38. The zero-order valence-corrected chi connectivity index (χ0v) is 38.9. The number of carbonyl (C=O) groups is 2. The number of rotatable bonds is 46. The van der Waals surface area contributed by atoms with Crippen LogP contribution >= 0.6 is 0 Å². The summed E-state index contributed by atoms with van der Waals surface area (Å²) in [5, 5.41) is 23.7. The summed E-state index contributed by atoms with van der Waals surface area (Å²) >= 11 is 0. The maximum Gasteiger partial charge on any atom is 0.306 e. The van der Waals surface area contributed by atoms with Gasteiger partial charge >= 0.3 is 5.97 Å². The Balaban J connectivity index is 4.56. The van der Waals surface area contributed by atoms with E-state index in [0.29, 0.717) is 19.3 Å². The normalized spacial score (nSPS) is 13.4. The van der Waals surface area contributed by atoms with Gasteiger partial charge in [-0.3, -0.25) is 9.59 Å². The molecule has 6 heteroatoms. The van der Waals surface area contributed by atoms with Crippen molar-refractivity contribution in [3.05, 3.63) is 24.3 Å². The van der Waals surface area contributed by atoms with Gasteiger partial charge in [0.1, 0.15) is 6.10 Å². The number of aliphatic hydroxyl groups excluding tert-OH is 2. The molecule has 0 heterocycles. The van der Waals surface area contributed by atoms with Crippen LogP contribution < -0.4 is 5.32 Å². The van der Waals surface area contributed by atoms with E-state index in [2.05, 4.69) is 50.4 Å². The minimum Gasteiger partial charge on any atom is -0.462 e. The van der Waals surface area contributed by atoms with Gasteiger partial charge in [0.2, 0.25) is 5.91 Å². The Labute approximate surface area is 361 Å². The number of esters is 1. The van der Waals surface area contributed by atoms with Gasteiger partial charge in [-0.1, -0.05) is 231 Å². The molecule has 0 aliphatic rings. The van der Waals surface area contributed by atoms with Gasteiger partial charge in [0.25, 0.3) is 0 Å². The summed E-state index contributed by atoms with van der Waals surface area (Å²) in [7, 11) is 0. The first kappa shape index (κ1) is 56.3. The van der Waals surface area contributed by atoms with Gasteiger partial charge in [-0.25, -0.2) is 0 Å². The van der Waals surface area contributed by atoms with Crippen LogP contribution in [0.3, 0.4) is 0 Å². The molecule has 0 spiro atoms. The highest BCUT2D eigenvalue weighted by Gasteiger charge is 2.24. The molecule has 3 unspecified atom stereocenters. The summed E-state index contributed by atoms with van der Waals surface area (Å²) in [6, 6.07) is -0.697. The molecule has 58 heavy (non-hydrogen) atoms. The zero-order chi connectivity index (χ0) is 42.4. The number of hydrogen-bond donors (Lipinski definition) is 3. The highest BCUT2D eigenvalue weighted by atomic mass is 16.5. The average Bonchev–Trinajstić information content (AvgIpc) is 3.22. The summed E-state index contributed by atoms with van der Waals surface area (Å²) < 4.78 is 5.93. The lowest BCUT2D eigenvalue weighted by Crippen LogP contribution is -2.46. The summed E-state index contributed by atoms with van der Waals surface area (Å²) in [6.07, 6.45) is 52.4. The second kappa shape index (κ2) is 46.4. The molecule has 0 aromatic rings. The third kappa shape index (κ3) is 41.1. The number of hydrogen-bond acceptors (Lipinski definition) is 5. The van der Waals surface area contributed by atoms with Gasteiger partial charge in [-0.2, -0.15) is 0 Å². The molecule has 3 atom stereocenters. The van der Waals surface area contributed by atoms with Crippen molar-refractivity contribution in [1.82, 2.24) is 5.32 Å². The van der Waals surface area contributed by atoms with Crippen LogP contribution in [0.1, 0.15) is 271 Å². The first-order chi connectivity index (χ1) is 28.5. The number of nitrogens with one attached hydrogen (secondary N) is 1. The van der Waals surface area contributed by atoms with Crippen molar-refractivity contribution in [2.45, 2.75) is 289 Å². The van der Waals surface area contributed by atoms with Crippen molar-refractivity contribution in [2.75, 3.05) is 6.61 Å². The van der Waals surface area contributed by atoms with Gasteiger partial charge in [-0.05, 0) is 51.4 Å². The van der Waals surface area contributed by atoms with E-state index in [1.54, 1.807) is 0 Å². The Kier molecular flexibility index (Phi) is 45.1. The highest BCUT2D eigenvalue weighted by molar-refractivity contribution is 5.77. The zero-order valence-electron chi connectivity index (χ0n) is 38.9. The van der Waals surface area contributed by atoms with Crippen molar-refractivity contribution in [1.29, 1.82) is 0 Å². The molecule has 0 aromatic heterocycles. The van der Waals surface area contributed by atoms with Crippen molar-refractivity contribution < 1.29 is 24.5 Å². The number of allylic oxidation sites excluding steroid dienone is 4. The lowest BCUT2D eigenvalue weighted by atomic mass is 10.0. The topological polar surface area (TPSA) is 95.9 Å². The fourth-order valence-corrected chi connectivity index (χ4v) is 7.94. The molecule has 0 saturated carbocycles. The predicted octanol–water partition coefficient (Wildman–Crippen LogP) is 15.1. The van der Waals surface area contributed by atoms with E-state index in [1.807, 2.05) is 0 Å². The third-order valence-electron chi connectivity index (χ3n) is 11.8. The van der Waals surface area contributed by atoms with E-state index in [0.717, 1.165) is 64.2 Å². The van der Waals surface area contributed by atoms with Gasteiger partial charge in [0.15, 0.2) is 0 Å². The van der Waals surface area contributed by atoms with Crippen LogP contribution in [0.25, 0.3) is 0 Å². The monoisotopic (exact) mass is 818 g/mol. The molecule has 0 rings (SSSR count). The third-order valence-corrected chi connectivity index (χ3v) is 11.8. The molecule has 3 N–H and O–H groups in total. The number of ether oxygens (including phenoxy) is 1. The largest absolute Gasteiger partial charge is 0.462 e. The predicted molar refractivity (Wildman–Crippen MR) is 250 cm³/mol. The van der Waals surface area contributed by atoms with Crippen LogP contribution in [0.2, 0.25) is 0 Å². The quantitative estimate of drug-likeness (QED) is 0.0323. The summed E-state index contributed by atoms with van der Waals surface area (Å²) in [5.74, 6) is -0.470. The van der Waals surface area contributed by atoms with Gasteiger partial charge in [0, 0.05) is 6.42 Å². The number of aliphatic hydroxyl groups is 2. The van der Waals surface area contributed by atoms with E-state index in [1.165, 1.54) is 161 Å². The number of carbonyl (C=O) groups excluding carboxylic acids is 2. The van der Waals surface area contributed by atoms with E-state index in [-0.39, 0.29) is 24.9 Å². The number of amides is 1. The molecule has 1 amide bonds. The second-order valence-electron chi connectivity index (χ2n) is 17.5. The lowest BCUT2D eigenvalue weighted by molar-refractivity contribution is -0.151. The average molecular weight is 818 g/mol. The second-order valence-corrected chi connectivity index (χ2v) is 17.5. The van der Waals surface area contributed by atoms with Gasteiger partial charge in [0.05, 0.1) is 25.2 Å². The molecule has 342 valence electrons. The molecule has 0 saturated heterocycles. The van der Waals surface area contributed by atoms with Gasteiger partial charge < -0.3 is 20.3 Å². The van der Waals surface area contributed by atoms with Crippen LogP contribution in [-0.4, -0.2) is 46.9 Å². The smallest absolute Gasteiger partial charge is 0.306 e. The standard InChI is InChI=1S/C52H99NO5/c1-4-7-10-13-16-19-22-24-26-27-29-31-34-37-40-43-48(58-52(57)45-42-39-36-33-30-28-25-23-20-17-14-11-8-5-2)46-51(56)53-49(47-54)50(55)44-41-38-35-32-21-18-15-12-9-6-3/h8,11,17,20,48-50,54-55H,4-7,9-10,12-16,18-19,21-47H2,1-3H3,(H,53,56)/b11-8+,20-17+. The van der Waals surface area contributed by atoms with Crippen molar-refractivity contribution in [3.63, 3.8) is 0 Å². The molecule has 0 aromatic carbocycles. The Morgan fingerprint density at radius 3 is 1.40 bits per heavy atom. The SMILES string of the molecule is CC/C=C/C/C=C/CCCCCCCCCC(=O)OC(CCCCCCCCCCCCCCCCC)CC(=O)NC(CO)C(O)CCCCCCCCCCCC. The van der Waals surface area contributed by atoms with Crippen molar-refractivity contribution in [3.8, 4) is 0 Å². The molecular formula is C52H99NO5.